The van der Waals surface area contributed by atoms with E-state index in [0.29, 0.717) is 4.73 Å². The number of aromatic hydroxyl groups is 2. The number of rotatable bonds is 12. The second kappa shape index (κ2) is 11.1. The van der Waals surface area contributed by atoms with Gasteiger partial charge < -0.3 is 15.1 Å². The third-order valence-electron chi connectivity index (χ3n) is 5.76. The zero-order chi connectivity index (χ0) is 27.5. The van der Waals surface area contributed by atoms with Gasteiger partial charge in [-0.3, -0.25) is 33.5 Å². The van der Waals surface area contributed by atoms with Crippen molar-refractivity contribution in [3.63, 3.8) is 0 Å². The van der Waals surface area contributed by atoms with E-state index in [1.165, 1.54) is 35.2 Å². The lowest BCUT2D eigenvalue weighted by Gasteiger charge is -2.41. The van der Waals surface area contributed by atoms with Gasteiger partial charge in [-0.1, -0.05) is 0 Å². The molecule has 15 nitrogen and oxygen atoms in total. The van der Waals surface area contributed by atoms with E-state index in [1.807, 2.05) is 0 Å². The molecule has 0 saturated carbocycles. The molecule has 0 radical (unpaired) electrons. The molecule has 2 N–H and O–H groups in total. The van der Waals surface area contributed by atoms with Gasteiger partial charge in [-0.25, -0.2) is 18.8 Å². The van der Waals surface area contributed by atoms with Crippen molar-refractivity contribution in [1.29, 1.82) is 0 Å². The van der Waals surface area contributed by atoms with E-state index in [9.17, 15) is 38.8 Å². The fourth-order valence-electron chi connectivity index (χ4n) is 3.69. The van der Waals surface area contributed by atoms with Gasteiger partial charge >= 0.3 is 5.97 Å². The SMILES string of the molecule is CN(CCC(=O)On1c(O)ccc1O)P(=O)(N(C)CCN1C(=O)C=CC1=O)N(C)CN1C(=O)C=CC1=O. The van der Waals surface area contributed by atoms with E-state index >= 15 is 0 Å². The molecule has 0 aliphatic carbocycles. The highest BCUT2D eigenvalue weighted by atomic mass is 31.2. The van der Waals surface area contributed by atoms with Crippen LogP contribution in [-0.2, 0) is 28.5 Å². The van der Waals surface area contributed by atoms with Crippen LogP contribution in [0.5, 0.6) is 11.8 Å². The molecule has 3 heterocycles. The number of nitrogens with zero attached hydrogens (tertiary/aromatic N) is 6. The summed E-state index contributed by atoms with van der Waals surface area (Å²) in [6.45, 7) is -0.586. The van der Waals surface area contributed by atoms with Crippen LogP contribution in [0, 0.1) is 0 Å². The van der Waals surface area contributed by atoms with Crippen LogP contribution in [0.1, 0.15) is 6.42 Å². The predicted octanol–water partition coefficient (Wildman–Crippen LogP) is -1.04. The maximum absolute atomic E-state index is 14.4. The van der Waals surface area contributed by atoms with Crippen LogP contribution in [0.15, 0.2) is 36.4 Å². The van der Waals surface area contributed by atoms with Crippen LogP contribution in [-0.4, -0.2) is 116 Å². The van der Waals surface area contributed by atoms with E-state index < -0.39 is 49.0 Å². The van der Waals surface area contributed by atoms with Gasteiger partial charge in [-0.2, -0.15) is 0 Å². The largest absolute Gasteiger partial charge is 0.492 e. The summed E-state index contributed by atoms with van der Waals surface area (Å²) in [4.78, 5) is 67.0. The van der Waals surface area contributed by atoms with Crippen molar-refractivity contribution < 1.29 is 43.6 Å². The highest BCUT2D eigenvalue weighted by molar-refractivity contribution is 7.56. The molecule has 4 amide bonds. The first-order valence-corrected chi connectivity index (χ1v) is 12.6. The third kappa shape index (κ3) is 5.80. The summed E-state index contributed by atoms with van der Waals surface area (Å²) in [5, 5.41) is 19.3. The van der Waals surface area contributed by atoms with Crippen LogP contribution < -0.4 is 4.84 Å². The van der Waals surface area contributed by atoms with Gasteiger partial charge in [0.25, 0.3) is 31.2 Å². The molecule has 0 saturated heterocycles. The first-order chi connectivity index (χ1) is 17.4. The number of imide groups is 2. The standard InChI is InChI=1S/C21H27N6O9P/c1-22(11-10-21(34)36-27-19(32)8-9-20(27)33)37(35,24(3)14-26-17(30)6-7-18(26)31)23(2)12-13-25-15(28)4-5-16(25)29/h4-9,32-33H,10-14H2,1-3H3. The zero-order valence-corrected chi connectivity index (χ0v) is 21.3. The zero-order valence-electron chi connectivity index (χ0n) is 20.4. The van der Waals surface area contributed by atoms with Gasteiger partial charge in [0.2, 0.25) is 11.8 Å². The van der Waals surface area contributed by atoms with Crippen LogP contribution in [0.4, 0.5) is 0 Å². The fraction of sp³-hybridized carbons (Fsp3) is 0.381. The average Bonchev–Trinajstić information content (AvgIpc) is 3.47. The Kier molecular flexibility index (Phi) is 8.33. The Balaban J connectivity index is 1.74. The normalized spacial score (nSPS) is 17.2. The van der Waals surface area contributed by atoms with Crippen LogP contribution in [0.2, 0.25) is 0 Å². The second-order valence-corrected chi connectivity index (χ2v) is 11.3. The summed E-state index contributed by atoms with van der Waals surface area (Å²) >= 11 is 0. The lowest BCUT2D eigenvalue weighted by atomic mass is 10.4. The Morgan fingerprint density at radius 3 is 1.78 bits per heavy atom. The first kappa shape index (κ1) is 27.8. The Morgan fingerprint density at radius 2 is 1.27 bits per heavy atom. The van der Waals surface area contributed by atoms with Crippen molar-refractivity contribution in [1.82, 2.24) is 28.5 Å². The third-order valence-corrected chi connectivity index (χ3v) is 8.95. The summed E-state index contributed by atoms with van der Waals surface area (Å²) in [5.41, 5.74) is 0. The summed E-state index contributed by atoms with van der Waals surface area (Å²) in [6, 6.07) is 2.24. The fourth-order valence-corrected chi connectivity index (χ4v) is 6.26. The Labute approximate surface area is 211 Å². The minimum Gasteiger partial charge on any atom is -0.492 e. The molecule has 0 aromatic carbocycles. The number of amides is 4. The molecule has 0 spiro atoms. The van der Waals surface area contributed by atoms with E-state index in [2.05, 4.69) is 0 Å². The van der Waals surface area contributed by atoms with Crippen LogP contribution in [0.25, 0.3) is 0 Å². The second-order valence-electron chi connectivity index (χ2n) is 8.23. The highest BCUT2D eigenvalue weighted by Crippen LogP contribution is 2.54. The summed E-state index contributed by atoms with van der Waals surface area (Å²) in [5.74, 6) is -4.04. The minimum absolute atomic E-state index is 0.0270. The molecule has 2 aliphatic rings. The van der Waals surface area contributed by atoms with Crippen molar-refractivity contribution in [3.8, 4) is 11.8 Å². The molecule has 16 heteroatoms. The molecule has 200 valence electrons. The van der Waals surface area contributed by atoms with Crippen molar-refractivity contribution in [2.24, 2.45) is 0 Å². The van der Waals surface area contributed by atoms with Gasteiger partial charge in [-0.05, 0) is 21.1 Å². The quantitative estimate of drug-likeness (QED) is 0.245. The predicted molar refractivity (Wildman–Crippen MR) is 126 cm³/mol. The Hall–Kier alpha value is -3.78. The molecule has 37 heavy (non-hydrogen) atoms. The number of likely N-dealkylation sites (N-methyl/N-ethyl adjacent to an activating group) is 1. The van der Waals surface area contributed by atoms with E-state index in [-0.39, 0.29) is 32.7 Å². The van der Waals surface area contributed by atoms with Crippen molar-refractivity contribution in [2.45, 2.75) is 6.42 Å². The first-order valence-electron chi connectivity index (χ1n) is 11.0. The molecule has 0 fully saturated rings. The Morgan fingerprint density at radius 1 is 0.811 bits per heavy atom. The maximum Gasteiger partial charge on any atom is 0.334 e. The number of hydrogen-bond acceptors (Lipinski definition) is 9. The van der Waals surface area contributed by atoms with E-state index in [0.717, 1.165) is 46.2 Å². The highest BCUT2D eigenvalue weighted by Gasteiger charge is 2.40. The number of carbonyl (C=O) groups excluding carboxylic acids is 5. The summed E-state index contributed by atoms with van der Waals surface area (Å²) in [7, 11) is 0.556. The van der Waals surface area contributed by atoms with Crippen LogP contribution in [0.3, 0.4) is 0 Å². The average molecular weight is 538 g/mol. The molecule has 2 aliphatic heterocycles. The summed E-state index contributed by atoms with van der Waals surface area (Å²) in [6.07, 6.45) is 4.12. The number of aromatic nitrogens is 1. The topological polar surface area (TPSA) is 173 Å². The molecule has 1 atom stereocenters. The number of hydrogen-bond donors (Lipinski definition) is 2. The Bertz CT molecular complexity index is 1170. The molecule has 1 unspecified atom stereocenters. The van der Waals surface area contributed by atoms with Crippen LogP contribution >= 0.6 is 7.59 Å². The van der Waals surface area contributed by atoms with Crippen molar-refractivity contribution in [3.05, 3.63) is 36.4 Å². The smallest absolute Gasteiger partial charge is 0.334 e. The van der Waals surface area contributed by atoms with Gasteiger partial charge in [0, 0.05) is 56.1 Å². The maximum atomic E-state index is 14.4. The molecule has 0 bridgehead atoms. The molecule has 1 aromatic heterocycles. The molecule has 1 aromatic rings. The molecular formula is C21H27N6O9P. The lowest BCUT2D eigenvalue weighted by molar-refractivity contribution is -0.145. The van der Waals surface area contributed by atoms with E-state index in [1.54, 1.807) is 0 Å². The van der Waals surface area contributed by atoms with Crippen molar-refractivity contribution >= 4 is 37.2 Å². The molecule has 3 rings (SSSR count). The van der Waals surface area contributed by atoms with Gasteiger partial charge in [0.15, 0.2) is 0 Å². The van der Waals surface area contributed by atoms with Gasteiger partial charge in [0.05, 0.1) is 13.1 Å². The molecular weight excluding hydrogens is 511 g/mol. The monoisotopic (exact) mass is 538 g/mol. The minimum atomic E-state index is -3.80. The van der Waals surface area contributed by atoms with Crippen molar-refractivity contribution in [2.75, 3.05) is 47.4 Å². The van der Waals surface area contributed by atoms with E-state index in [4.69, 9.17) is 4.84 Å². The van der Waals surface area contributed by atoms with Gasteiger partial charge in [-0.15, -0.1) is 4.73 Å². The van der Waals surface area contributed by atoms with Gasteiger partial charge in [0.1, 0.15) is 0 Å². The number of carbonyl (C=O) groups is 5. The lowest BCUT2D eigenvalue weighted by Crippen LogP contribution is -2.46. The summed E-state index contributed by atoms with van der Waals surface area (Å²) < 4.78 is 18.9.